The Hall–Kier alpha value is -1.18. The van der Waals surface area contributed by atoms with E-state index in [0.717, 1.165) is 6.26 Å². The molecule has 5 nitrogen and oxygen atoms in total. The van der Waals surface area contributed by atoms with E-state index < -0.39 is 10.0 Å². The van der Waals surface area contributed by atoms with Gasteiger partial charge in [0, 0.05) is 24.7 Å². The number of ether oxygens (including phenoxy) is 1. The van der Waals surface area contributed by atoms with E-state index in [1.54, 1.807) is 19.1 Å². The summed E-state index contributed by atoms with van der Waals surface area (Å²) in [6.07, 6.45) is 1.09. The van der Waals surface area contributed by atoms with Crippen LogP contribution in [0.15, 0.2) is 18.2 Å². The van der Waals surface area contributed by atoms with E-state index in [1.807, 2.05) is 0 Å². The van der Waals surface area contributed by atoms with Crippen molar-refractivity contribution in [1.29, 1.82) is 0 Å². The summed E-state index contributed by atoms with van der Waals surface area (Å²) in [6.45, 7) is 2.44. The van der Waals surface area contributed by atoms with Crippen molar-refractivity contribution in [3.8, 4) is 5.75 Å². The molecular formula is C12H19FN2O3S. The van der Waals surface area contributed by atoms with Gasteiger partial charge in [0.05, 0.1) is 13.4 Å². The first-order chi connectivity index (χ1) is 8.85. The fourth-order valence-corrected chi connectivity index (χ4v) is 2.22. The van der Waals surface area contributed by atoms with Gasteiger partial charge < -0.3 is 10.1 Å². The Bertz CT molecular complexity index is 520. The molecule has 0 aliphatic carbocycles. The summed E-state index contributed by atoms with van der Waals surface area (Å²) in [5.74, 6) is 0.117. The highest BCUT2D eigenvalue weighted by atomic mass is 32.2. The molecule has 1 rings (SSSR count). The third kappa shape index (κ3) is 5.14. The lowest BCUT2D eigenvalue weighted by molar-refractivity contribution is 0.394. The van der Waals surface area contributed by atoms with Crippen LogP contribution in [0.4, 0.5) is 4.39 Å². The maximum Gasteiger partial charge on any atom is 0.208 e. The van der Waals surface area contributed by atoms with Crippen molar-refractivity contribution in [2.45, 2.75) is 13.0 Å². The summed E-state index contributed by atoms with van der Waals surface area (Å²) in [5.41, 5.74) is 0.435. The number of methoxy groups -OCH3 is 1. The number of hydrogen-bond acceptors (Lipinski definition) is 4. The summed E-state index contributed by atoms with van der Waals surface area (Å²) in [6, 6.07) is 4.35. The highest BCUT2D eigenvalue weighted by Gasteiger charge is 2.15. The van der Waals surface area contributed by atoms with Gasteiger partial charge in [-0.25, -0.2) is 17.5 Å². The number of halogens is 1. The largest absolute Gasteiger partial charge is 0.496 e. The van der Waals surface area contributed by atoms with Crippen LogP contribution in [0, 0.1) is 5.82 Å². The second-order valence-electron chi connectivity index (χ2n) is 4.20. The van der Waals surface area contributed by atoms with Crippen molar-refractivity contribution in [1.82, 2.24) is 10.0 Å². The molecule has 19 heavy (non-hydrogen) atoms. The SMILES string of the molecule is COc1cccc(F)c1C(C)NCCNS(C)(=O)=O. The minimum Gasteiger partial charge on any atom is -0.496 e. The molecule has 0 spiro atoms. The molecule has 0 fully saturated rings. The van der Waals surface area contributed by atoms with Crippen molar-refractivity contribution in [2.75, 3.05) is 26.5 Å². The van der Waals surface area contributed by atoms with Crippen molar-refractivity contribution in [2.24, 2.45) is 0 Å². The van der Waals surface area contributed by atoms with Gasteiger partial charge in [-0.2, -0.15) is 0 Å². The fourth-order valence-electron chi connectivity index (χ4n) is 1.74. The highest BCUT2D eigenvalue weighted by molar-refractivity contribution is 7.88. The molecule has 0 saturated carbocycles. The molecule has 0 radical (unpaired) electrons. The topological polar surface area (TPSA) is 67.4 Å². The van der Waals surface area contributed by atoms with Gasteiger partial charge in [0.15, 0.2) is 0 Å². The number of benzene rings is 1. The van der Waals surface area contributed by atoms with Crippen LogP contribution in [0.5, 0.6) is 5.75 Å². The Labute approximate surface area is 113 Å². The maximum atomic E-state index is 13.8. The fraction of sp³-hybridized carbons (Fsp3) is 0.500. The zero-order valence-corrected chi connectivity index (χ0v) is 12.1. The Balaban J connectivity index is 2.61. The van der Waals surface area contributed by atoms with Crippen LogP contribution in [0.25, 0.3) is 0 Å². The lowest BCUT2D eigenvalue weighted by atomic mass is 10.1. The van der Waals surface area contributed by atoms with Crippen molar-refractivity contribution >= 4 is 10.0 Å². The summed E-state index contributed by atoms with van der Waals surface area (Å²) in [4.78, 5) is 0. The van der Waals surface area contributed by atoms with Crippen LogP contribution in [0.3, 0.4) is 0 Å². The molecule has 1 aromatic rings. The summed E-state index contributed by atoms with van der Waals surface area (Å²) >= 11 is 0. The molecule has 1 aromatic carbocycles. The van der Waals surface area contributed by atoms with Gasteiger partial charge in [-0.3, -0.25) is 0 Å². The average molecular weight is 290 g/mol. The molecule has 0 bridgehead atoms. The first-order valence-electron chi connectivity index (χ1n) is 5.85. The molecule has 0 amide bonds. The lowest BCUT2D eigenvalue weighted by Crippen LogP contribution is -2.32. The second-order valence-corrected chi connectivity index (χ2v) is 6.03. The van der Waals surface area contributed by atoms with Crippen LogP contribution in [-0.2, 0) is 10.0 Å². The molecule has 108 valence electrons. The van der Waals surface area contributed by atoms with Crippen LogP contribution in [-0.4, -0.2) is 34.9 Å². The van der Waals surface area contributed by atoms with Crippen LogP contribution < -0.4 is 14.8 Å². The molecule has 1 unspecified atom stereocenters. The van der Waals surface area contributed by atoms with E-state index in [4.69, 9.17) is 4.74 Å². The normalized spacial score (nSPS) is 13.3. The van der Waals surface area contributed by atoms with Crippen LogP contribution in [0.1, 0.15) is 18.5 Å². The molecule has 7 heteroatoms. The van der Waals surface area contributed by atoms with Gasteiger partial charge in [-0.05, 0) is 19.1 Å². The first-order valence-corrected chi connectivity index (χ1v) is 7.74. The Kier molecular flexibility index (Phi) is 5.71. The van der Waals surface area contributed by atoms with Gasteiger partial charge in [0.25, 0.3) is 0 Å². The quantitative estimate of drug-likeness (QED) is 0.736. The van der Waals surface area contributed by atoms with Crippen molar-refractivity contribution in [3.05, 3.63) is 29.6 Å². The standard InChI is InChI=1S/C12H19FN2O3S/c1-9(14-7-8-15-19(3,16)17)12-10(13)5-4-6-11(12)18-2/h4-6,9,14-15H,7-8H2,1-3H3. The molecule has 0 aliphatic rings. The third-order valence-electron chi connectivity index (χ3n) is 2.61. The number of rotatable bonds is 7. The van der Waals surface area contributed by atoms with E-state index in [0.29, 0.717) is 17.9 Å². The predicted molar refractivity (Wildman–Crippen MR) is 72.2 cm³/mol. The van der Waals surface area contributed by atoms with Gasteiger partial charge in [0.2, 0.25) is 10.0 Å². The molecule has 0 aromatic heterocycles. The zero-order chi connectivity index (χ0) is 14.5. The van der Waals surface area contributed by atoms with Gasteiger partial charge >= 0.3 is 0 Å². The molecular weight excluding hydrogens is 271 g/mol. The monoisotopic (exact) mass is 290 g/mol. The molecule has 0 saturated heterocycles. The summed E-state index contributed by atoms with van der Waals surface area (Å²) in [7, 11) is -1.71. The van der Waals surface area contributed by atoms with Crippen LogP contribution in [0.2, 0.25) is 0 Å². The Morgan fingerprint density at radius 1 is 1.37 bits per heavy atom. The second kappa shape index (κ2) is 6.83. The summed E-state index contributed by atoms with van der Waals surface area (Å²) in [5, 5.41) is 3.04. The van der Waals surface area contributed by atoms with Gasteiger partial charge in [0.1, 0.15) is 11.6 Å². The van der Waals surface area contributed by atoms with Gasteiger partial charge in [-0.15, -0.1) is 0 Å². The number of sulfonamides is 1. The molecule has 1 atom stereocenters. The predicted octanol–water partition coefficient (Wildman–Crippen LogP) is 1.03. The molecule has 0 aliphatic heterocycles. The minimum absolute atomic E-state index is 0.250. The van der Waals surface area contributed by atoms with Gasteiger partial charge in [-0.1, -0.05) is 6.07 Å². The first kappa shape index (κ1) is 15.9. The van der Waals surface area contributed by atoms with E-state index >= 15 is 0 Å². The van der Waals surface area contributed by atoms with Crippen molar-refractivity contribution < 1.29 is 17.5 Å². The zero-order valence-electron chi connectivity index (χ0n) is 11.2. The smallest absolute Gasteiger partial charge is 0.208 e. The number of hydrogen-bond donors (Lipinski definition) is 2. The molecule has 2 N–H and O–H groups in total. The lowest BCUT2D eigenvalue weighted by Gasteiger charge is -2.18. The number of nitrogens with one attached hydrogen (secondary N) is 2. The van der Waals surface area contributed by atoms with Crippen molar-refractivity contribution in [3.63, 3.8) is 0 Å². The maximum absolute atomic E-state index is 13.8. The highest BCUT2D eigenvalue weighted by Crippen LogP contribution is 2.27. The Morgan fingerprint density at radius 3 is 2.63 bits per heavy atom. The van der Waals surface area contributed by atoms with Crippen LogP contribution >= 0.6 is 0 Å². The Morgan fingerprint density at radius 2 is 2.05 bits per heavy atom. The van der Waals surface area contributed by atoms with E-state index in [9.17, 15) is 12.8 Å². The summed E-state index contributed by atoms with van der Waals surface area (Å²) < 4.78 is 43.0. The minimum atomic E-state index is -3.20. The van der Waals surface area contributed by atoms with E-state index in [1.165, 1.54) is 13.2 Å². The average Bonchev–Trinajstić information content (AvgIpc) is 2.32. The molecule has 0 heterocycles. The third-order valence-corrected chi connectivity index (χ3v) is 3.33. The van der Waals surface area contributed by atoms with E-state index in [-0.39, 0.29) is 18.4 Å². The van der Waals surface area contributed by atoms with E-state index in [2.05, 4.69) is 10.0 Å².